The average Bonchev–Trinajstić information content (AvgIpc) is 2.73. The molecule has 1 aliphatic heterocycles. The van der Waals surface area contributed by atoms with Gasteiger partial charge in [0.2, 0.25) is 5.91 Å². The van der Waals surface area contributed by atoms with Crippen molar-refractivity contribution >= 4 is 27.1 Å². The fourth-order valence-corrected chi connectivity index (χ4v) is 4.30. The number of aliphatic hydroxyl groups excluding tert-OH is 1. The van der Waals surface area contributed by atoms with Crippen molar-refractivity contribution in [1.82, 2.24) is 4.90 Å². The summed E-state index contributed by atoms with van der Waals surface area (Å²) in [6.07, 6.45) is 1.07. The lowest BCUT2D eigenvalue weighted by molar-refractivity contribution is -0.131. The van der Waals surface area contributed by atoms with Crippen LogP contribution in [0.3, 0.4) is 0 Å². The fourth-order valence-electron chi connectivity index (χ4n) is 2.54. The Kier molecular flexibility index (Phi) is 4.51. The summed E-state index contributed by atoms with van der Waals surface area (Å²) in [6, 6.07) is 2.02. The number of amides is 1. The van der Waals surface area contributed by atoms with Crippen LogP contribution in [0.2, 0.25) is 0 Å². The number of aliphatic hydroxyl groups is 1. The Hall–Kier alpha value is -0.920. The molecule has 0 spiro atoms. The number of β-amino-alcohol motifs (C(OH)–C–C–N with tert-alkyl or cyclic N) is 1. The number of sulfone groups is 1. The molecule has 1 aliphatic rings. The van der Waals surface area contributed by atoms with Gasteiger partial charge in [0.05, 0.1) is 6.10 Å². The van der Waals surface area contributed by atoms with Crippen molar-refractivity contribution < 1.29 is 18.3 Å². The molecule has 5 nitrogen and oxygen atoms in total. The zero-order valence-electron chi connectivity index (χ0n) is 11.6. The molecule has 0 bridgehead atoms. The highest BCUT2D eigenvalue weighted by molar-refractivity contribution is 7.91. The molecule has 2 atom stereocenters. The lowest BCUT2D eigenvalue weighted by atomic mass is 9.91. The van der Waals surface area contributed by atoms with Crippen molar-refractivity contribution in [2.24, 2.45) is 0 Å². The molecule has 0 saturated carbocycles. The van der Waals surface area contributed by atoms with Crippen LogP contribution in [0.15, 0.2) is 11.4 Å². The molecule has 0 radical (unpaired) electrons. The van der Waals surface area contributed by atoms with Gasteiger partial charge < -0.3 is 10.0 Å². The highest BCUT2D eigenvalue weighted by Gasteiger charge is 2.33. The van der Waals surface area contributed by atoms with E-state index in [2.05, 4.69) is 0 Å². The standard InChI is InChI=1S/C13H19NO4S2/c1-9-4-6-19-13(9)10-3-5-14(7-11(10)15)12(16)8-20(2,17)18/h4,6,10-11,15H,3,5,7-8H2,1-2H3/t10-,11-/m1/s1. The van der Waals surface area contributed by atoms with Crippen LogP contribution < -0.4 is 0 Å². The van der Waals surface area contributed by atoms with Gasteiger partial charge in [-0.2, -0.15) is 0 Å². The normalized spacial score (nSPS) is 23.9. The first-order valence-corrected chi connectivity index (χ1v) is 9.39. The van der Waals surface area contributed by atoms with E-state index < -0.39 is 27.6 Å². The number of thiophene rings is 1. The van der Waals surface area contributed by atoms with Gasteiger partial charge in [0.1, 0.15) is 5.75 Å². The predicted octanol–water partition coefficient (Wildman–Crippen LogP) is 0.778. The third-order valence-corrected chi connectivity index (χ3v) is 5.48. The number of hydrogen-bond acceptors (Lipinski definition) is 5. The Morgan fingerprint density at radius 1 is 1.55 bits per heavy atom. The van der Waals surface area contributed by atoms with Gasteiger partial charge in [0.25, 0.3) is 0 Å². The van der Waals surface area contributed by atoms with Crippen LogP contribution in [0.5, 0.6) is 0 Å². The summed E-state index contributed by atoms with van der Waals surface area (Å²) in [6.45, 7) is 2.71. The Labute approximate surface area is 123 Å². The Bertz CT molecular complexity index is 593. The van der Waals surface area contributed by atoms with Crippen LogP contribution in [0.25, 0.3) is 0 Å². The van der Waals surface area contributed by atoms with Gasteiger partial charge in [-0.25, -0.2) is 8.42 Å². The Morgan fingerprint density at radius 2 is 2.25 bits per heavy atom. The molecule has 1 aromatic heterocycles. The van der Waals surface area contributed by atoms with Gasteiger partial charge in [-0.3, -0.25) is 4.79 Å². The number of carbonyl (C=O) groups is 1. The number of piperidine rings is 1. The number of carbonyl (C=O) groups excluding carboxylic acids is 1. The van der Waals surface area contributed by atoms with E-state index in [1.807, 2.05) is 18.4 Å². The largest absolute Gasteiger partial charge is 0.391 e. The molecule has 1 saturated heterocycles. The summed E-state index contributed by atoms with van der Waals surface area (Å²) < 4.78 is 22.3. The molecule has 112 valence electrons. The molecule has 1 aromatic rings. The molecular formula is C13H19NO4S2. The maximum atomic E-state index is 11.9. The van der Waals surface area contributed by atoms with E-state index in [9.17, 15) is 18.3 Å². The van der Waals surface area contributed by atoms with Crippen LogP contribution in [0.1, 0.15) is 22.8 Å². The van der Waals surface area contributed by atoms with E-state index in [0.29, 0.717) is 13.0 Å². The SMILES string of the molecule is Cc1ccsc1[C@@H]1CCN(C(=O)CS(C)(=O)=O)C[C@H]1O. The average molecular weight is 317 g/mol. The molecule has 0 aliphatic carbocycles. The molecule has 2 heterocycles. The van der Waals surface area contributed by atoms with Gasteiger partial charge >= 0.3 is 0 Å². The third kappa shape index (κ3) is 3.59. The lowest BCUT2D eigenvalue weighted by Crippen LogP contribution is -2.47. The van der Waals surface area contributed by atoms with Crippen LogP contribution >= 0.6 is 11.3 Å². The van der Waals surface area contributed by atoms with Crippen molar-refractivity contribution in [2.75, 3.05) is 25.1 Å². The van der Waals surface area contributed by atoms with E-state index in [4.69, 9.17) is 0 Å². The third-order valence-electron chi connectivity index (χ3n) is 3.56. The predicted molar refractivity (Wildman–Crippen MR) is 78.7 cm³/mol. The van der Waals surface area contributed by atoms with Gasteiger partial charge in [0.15, 0.2) is 9.84 Å². The Morgan fingerprint density at radius 3 is 2.75 bits per heavy atom. The summed E-state index contributed by atoms with van der Waals surface area (Å²) >= 11 is 1.62. The maximum absolute atomic E-state index is 11.9. The quantitative estimate of drug-likeness (QED) is 0.894. The van der Waals surface area contributed by atoms with Crippen LogP contribution in [0, 0.1) is 6.92 Å². The first-order valence-electron chi connectivity index (χ1n) is 6.45. The van der Waals surface area contributed by atoms with Crippen molar-refractivity contribution in [3.63, 3.8) is 0 Å². The molecule has 1 amide bonds. The van der Waals surface area contributed by atoms with Crippen molar-refractivity contribution in [1.29, 1.82) is 0 Å². The van der Waals surface area contributed by atoms with Crippen molar-refractivity contribution in [3.05, 3.63) is 21.9 Å². The van der Waals surface area contributed by atoms with Crippen LogP contribution in [-0.4, -0.2) is 55.5 Å². The second-order valence-electron chi connectivity index (χ2n) is 5.34. The van der Waals surface area contributed by atoms with E-state index in [0.717, 1.165) is 16.7 Å². The van der Waals surface area contributed by atoms with E-state index in [-0.39, 0.29) is 12.5 Å². The number of aryl methyl sites for hydroxylation is 1. The summed E-state index contributed by atoms with van der Waals surface area (Å²) in [5.41, 5.74) is 1.16. The minimum Gasteiger partial charge on any atom is -0.391 e. The number of hydrogen-bond donors (Lipinski definition) is 1. The molecule has 2 rings (SSSR count). The highest BCUT2D eigenvalue weighted by Crippen LogP contribution is 2.34. The summed E-state index contributed by atoms with van der Waals surface area (Å²) in [7, 11) is -3.32. The van der Waals surface area contributed by atoms with Gasteiger partial charge in [-0.1, -0.05) is 0 Å². The minimum absolute atomic E-state index is 0.0392. The molecule has 1 N–H and O–H groups in total. The van der Waals surface area contributed by atoms with E-state index in [1.165, 1.54) is 4.90 Å². The van der Waals surface area contributed by atoms with Gasteiger partial charge in [0, 0.05) is 30.1 Å². The van der Waals surface area contributed by atoms with Crippen molar-refractivity contribution in [3.8, 4) is 0 Å². The smallest absolute Gasteiger partial charge is 0.237 e. The first kappa shape index (κ1) is 15.5. The van der Waals surface area contributed by atoms with Crippen LogP contribution in [-0.2, 0) is 14.6 Å². The summed E-state index contributed by atoms with van der Waals surface area (Å²) in [5, 5.41) is 12.2. The van der Waals surface area contributed by atoms with Crippen molar-refractivity contribution in [2.45, 2.75) is 25.4 Å². The van der Waals surface area contributed by atoms with Gasteiger partial charge in [-0.05, 0) is 30.4 Å². The second kappa shape index (κ2) is 5.83. The lowest BCUT2D eigenvalue weighted by Gasteiger charge is -2.35. The molecular weight excluding hydrogens is 298 g/mol. The molecule has 1 fully saturated rings. The zero-order chi connectivity index (χ0) is 14.9. The second-order valence-corrected chi connectivity index (χ2v) is 8.43. The first-order chi connectivity index (χ1) is 9.28. The summed E-state index contributed by atoms with van der Waals surface area (Å²) in [5.74, 6) is -0.868. The topological polar surface area (TPSA) is 74.7 Å². The van der Waals surface area contributed by atoms with E-state index >= 15 is 0 Å². The van der Waals surface area contributed by atoms with E-state index in [1.54, 1.807) is 11.3 Å². The fraction of sp³-hybridized carbons (Fsp3) is 0.615. The zero-order valence-corrected chi connectivity index (χ0v) is 13.2. The highest BCUT2D eigenvalue weighted by atomic mass is 32.2. The van der Waals surface area contributed by atoms with Crippen LogP contribution in [0.4, 0.5) is 0 Å². The van der Waals surface area contributed by atoms with Gasteiger partial charge in [-0.15, -0.1) is 11.3 Å². The Balaban J connectivity index is 2.03. The molecule has 20 heavy (non-hydrogen) atoms. The molecule has 0 aromatic carbocycles. The number of rotatable bonds is 3. The maximum Gasteiger partial charge on any atom is 0.237 e. The molecule has 7 heteroatoms. The summed E-state index contributed by atoms with van der Waals surface area (Å²) in [4.78, 5) is 14.5. The number of nitrogens with zero attached hydrogens (tertiary/aromatic N) is 1. The monoisotopic (exact) mass is 317 g/mol. The molecule has 0 unspecified atom stereocenters. The number of likely N-dealkylation sites (tertiary alicyclic amines) is 1. The minimum atomic E-state index is -3.32.